The first-order valence-electron chi connectivity index (χ1n) is 4.86. The zero-order valence-corrected chi connectivity index (χ0v) is 8.28. The smallest absolute Gasteiger partial charge is 0.146 e. The van der Waals surface area contributed by atoms with E-state index in [1.807, 2.05) is 47.5 Å². The number of nitrogens with zero attached hydrogens (tertiary/aromatic N) is 2. The molecule has 0 amide bonds. The number of hydrogen-bond acceptors (Lipinski definition) is 3. The Morgan fingerprint density at radius 1 is 1.40 bits per heavy atom. The first-order valence-corrected chi connectivity index (χ1v) is 4.86. The Kier molecular flexibility index (Phi) is 2.93. The zero-order chi connectivity index (χ0) is 10.5. The van der Waals surface area contributed by atoms with Crippen LogP contribution in [0.5, 0.6) is 0 Å². The van der Waals surface area contributed by atoms with Gasteiger partial charge in [-0.2, -0.15) is 0 Å². The van der Waals surface area contributed by atoms with Crippen LogP contribution in [0.1, 0.15) is 5.69 Å². The SMILES string of the molecule is O=CC1C=CC=CN1Cc1ccccn1. The first-order chi connectivity index (χ1) is 7.40. The Balaban J connectivity index is 2.08. The number of rotatable bonds is 3. The quantitative estimate of drug-likeness (QED) is 0.694. The molecule has 0 N–H and O–H groups in total. The van der Waals surface area contributed by atoms with E-state index in [0.717, 1.165) is 12.0 Å². The van der Waals surface area contributed by atoms with Crippen LogP contribution in [0, 0.1) is 0 Å². The second kappa shape index (κ2) is 4.55. The van der Waals surface area contributed by atoms with E-state index in [2.05, 4.69) is 4.98 Å². The number of carbonyl (C=O) groups excluding carboxylic acids is 1. The summed E-state index contributed by atoms with van der Waals surface area (Å²) in [4.78, 5) is 17.0. The number of allylic oxidation sites excluding steroid dienone is 2. The molecule has 1 aliphatic rings. The molecule has 1 unspecified atom stereocenters. The van der Waals surface area contributed by atoms with Crippen LogP contribution >= 0.6 is 0 Å². The van der Waals surface area contributed by atoms with Gasteiger partial charge in [0.05, 0.1) is 12.2 Å². The standard InChI is InChI=1S/C12H12N2O/c15-10-12-6-2-4-8-14(12)9-11-5-1-3-7-13-11/h1-8,10,12H,9H2. The summed E-state index contributed by atoms with van der Waals surface area (Å²) in [6.45, 7) is 0.658. The highest BCUT2D eigenvalue weighted by molar-refractivity contribution is 5.62. The minimum absolute atomic E-state index is 0.169. The number of hydrogen-bond donors (Lipinski definition) is 0. The van der Waals surface area contributed by atoms with Gasteiger partial charge in [-0.25, -0.2) is 0 Å². The van der Waals surface area contributed by atoms with E-state index in [0.29, 0.717) is 6.54 Å². The van der Waals surface area contributed by atoms with Gasteiger partial charge < -0.3 is 9.69 Å². The molecule has 0 aliphatic carbocycles. The van der Waals surface area contributed by atoms with Crippen molar-refractivity contribution in [2.45, 2.75) is 12.6 Å². The first kappa shape index (κ1) is 9.65. The molecular weight excluding hydrogens is 188 g/mol. The molecule has 2 heterocycles. The summed E-state index contributed by atoms with van der Waals surface area (Å²) in [5, 5.41) is 0. The third-order valence-corrected chi connectivity index (χ3v) is 2.29. The molecule has 15 heavy (non-hydrogen) atoms. The molecule has 0 bridgehead atoms. The van der Waals surface area contributed by atoms with Crippen LogP contribution < -0.4 is 0 Å². The number of aldehydes is 1. The molecule has 3 nitrogen and oxygen atoms in total. The van der Waals surface area contributed by atoms with Gasteiger partial charge in [-0.05, 0) is 18.2 Å². The highest BCUT2D eigenvalue weighted by Crippen LogP contribution is 2.10. The van der Waals surface area contributed by atoms with E-state index in [9.17, 15) is 4.79 Å². The predicted molar refractivity (Wildman–Crippen MR) is 57.9 cm³/mol. The maximum Gasteiger partial charge on any atom is 0.146 e. The lowest BCUT2D eigenvalue weighted by Gasteiger charge is -2.25. The van der Waals surface area contributed by atoms with Gasteiger partial charge in [0.15, 0.2) is 0 Å². The molecule has 3 heteroatoms. The summed E-state index contributed by atoms with van der Waals surface area (Å²) in [6, 6.07) is 5.61. The minimum Gasteiger partial charge on any atom is -0.358 e. The van der Waals surface area contributed by atoms with Crippen LogP contribution in [0.2, 0.25) is 0 Å². The molecule has 1 atom stereocenters. The van der Waals surface area contributed by atoms with Gasteiger partial charge in [0.2, 0.25) is 0 Å². The summed E-state index contributed by atoms with van der Waals surface area (Å²) in [7, 11) is 0. The molecule has 0 saturated carbocycles. The van der Waals surface area contributed by atoms with Crippen molar-refractivity contribution in [1.82, 2.24) is 9.88 Å². The molecular formula is C12H12N2O. The minimum atomic E-state index is -0.169. The van der Waals surface area contributed by atoms with Gasteiger partial charge >= 0.3 is 0 Å². The molecule has 1 aliphatic heterocycles. The Morgan fingerprint density at radius 2 is 2.33 bits per heavy atom. The fraction of sp³-hybridized carbons (Fsp3) is 0.167. The van der Waals surface area contributed by atoms with E-state index in [-0.39, 0.29) is 6.04 Å². The van der Waals surface area contributed by atoms with E-state index >= 15 is 0 Å². The third kappa shape index (κ3) is 2.31. The van der Waals surface area contributed by atoms with Crippen LogP contribution in [0.15, 0.2) is 48.8 Å². The normalized spacial score (nSPS) is 19.2. The van der Waals surface area contributed by atoms with E-state index in [1.165, 1.54) is 0 Å². The van der Waals surface area contributed by atoms with Crippen molar-refractivity contribution < 1.29 is 4.79 Å². The largest absolute Gasteiger partial charge is 0.358 e. The van der Waals surface area contributed by atoms with Gasteiger partial charge in [-0.3, -0.25) is 4.98 Å². The average Bonchev–Trinajstić information content (AvgIpc) is 2.31. The summed E-state index contributed by atoms with van der Waals surface area (Å²) < 4.78 is 0. The van der Waals surface area contributed by atoms with Crippen molar-refractivity contribution >= 4 is 6.29 Å². The van der Waals surface area contributed by atoms with Crippen molar-refractivity contribution in [2.24, 2.45) is 0 Å². The van der Waals surface area contributed by atoms with Crippen molar-refractivity contribution in [3.8, 4) is 0 Å². The van der Waals surface area contributed by atoms with Crippen LogP contribution in [0.25, 0.3) is 0 Å². The predicted octanol–water partition coefficient (Wildman–Crippen LogP) is 1.53. The molecule has 76 valence electrons. The van der Waals surface area contributed by atoms with Crippen molar-refractivity contribution in [1.29, 1.82) is 0 Å². The van der Waals surface area contributed by atoms with Gasteiger partial charge in [-0.1, -0.05) is 18.2 Å². The Hall–Kier alpha value is -1.90. The van der Waals surface area contributed by atoms with E-state index in [4.69, 9.17) is 0 Å². The monoisotopic (exact) mass is 200 g/mol. The average molecular weight is 200 g/mol. The van der Waals surface area contributed by atoms with Gasteiger partial charge in [0, 0.05) is 12.4 Å². The maximum absolute atomic E-state index is 10.8. The number of pyridine rings is 1. The molecule has 1 aromatic heterocycles. The van der Waals surface area contributed by atoms with Crippen LogP contribution in [-0.2, 0) is 11.3 Å². The lowest BCUT2D eigenvalue weighted by molar-refractivity contribution is -0.110. The van der Waals surface area contributed by atoms with Crippen LogP contribution in [-0.4, -0.2) is 22.2 Å². The highest BCUT2D eigenvalue weighted by atomic mass is 16.1. The Labute approximate surface area is 88.7 Å². The Morgan fingerprint density at radius 3 is 3.07 bits per heavy atom. The van der Waals surface area contributed by atoms with Gasteiger partial charge in [0.1, 0.15) is 12.3 Å². The lowest BCUT2D eigenvalue weighted by atomic mass is 10.2. The molecule has 0 radical (unpaired) electrons. The number of aromatic nitrogens is 1. The summed E-state index contributed by atoms with van der Waals surface area (Å²) in [6.07, 6.45) is 10.3. The lowest BCUT2D eigenvalue weighted by Crippen LogP contribution is -2.31. The summed E-state index contributed by atoms with van der Waals surface area (Å²) in [5.41, 5.74) is 0.962. The zero-order valence-electron chi connectivity index (χ0n) is 8.28. The van der Waals surface area contributed by atoms with Crippen molar-refractivity contribution in [2.75, 3.05) is 0 Å². The molecule has 0 saturated heterocycles. The summed E-state index contributed by atoms with van der Waals surface area (Å²) >= 11 is 0. The highest BCUT2D eigenvalue weighted by Gasteiger charge is 2.13. The molecule has 0 spiro atoms. The fourth-order valence-electron chi connectivity index (χ4n) is 1.51. The van der Waals surface area contributed by atoms with Gasteiger partial charge in [-0.15, -0.1) is 0 Å². The second-order valence-corrected chi connectivity index (χ2v) is 3.35. The third-order valence-electron chi connectivity index (χ3n) is 2.29. The van der Waals surface area contributed by atoms with Crippen molar-refractivity contribution in [3.63, 3.8) is 0 Å². The van der Waals surface area contributed by atoms with E-state index < -0.39 is 0 Å². The van der Waals surface area contributed by atoms with E-state index in [1.54, 1.807) is 6.20 Å². The summed E-state index contributed by atoms with van der Waals surface area (Å²) in [5.74, 6) is 0. The van der Waals surface area contributed by atoms with Gasteiger partial charge in [0.25, 0.3) is 0 Å². The molecule has 0 fully saturated rings. The fourth-order valence-corrected chi connectivity index (χ4v) is 1.51. The maximum atomic E-state index is 10.8. The Bertz CT molecular complexity index is 384. The number of carbonyl (C=O) groups is 1. The molecule has 0 aromatic carbocycles. The molecule has 1 aromatic rings. The van der Waals surface area contributed by atoms with Crippen LogP contribution in [0.3, 0.4) is 0 Å². The second-order valence-electron chi connectivity index (χ2n) is 3.35. The topological polar surface area (TPSA) is 33.2 Å². The van der Waals surface area contributed by atoms with Crippen molar-refractivity contribution in [3.05, 3.63) is 54.5 Å². The van der Waals surface area contributed by atoms with Crippen LogP contribution in [0.4, 0.5) is 0 Å². The molecule has 2 rings (SSSR count).